The molecule has 13 heteroatoms. The number of carbonyl (C=O) groups is 5. The SMILES string of the molecule is CNC(=O)N1CC[C@H]2CC[C@@H](C(=O)NC3COc4ccccc43)N2C(=O)[C@@H](NC(=O)[C@H](C)N(C)C(=O)OC(C)(C)C)C1. The Kier molecular flexibility index (Phi) is 9.17. The zero-order valence-corrected chi connectivity index (χ0v) is 25.1. The molecular weight excluding hydrogens is 544 g/mol. The van der Waals surface area contributed by atoms with Crippen LogP contribution in [-0.2, 0) is 19.1 Å². The van der Waals surface area contributed by atoms with E-state index in [1.807, 2.05) is 24.3 Å². The van der Waals surface area contributed by atoms with E-state index in [4.69, 9.17) is 9.47 Å². The number of benzene rings is 1. The van der Waals surface area contributed by atoms with Gasteiger partial charge in [0.25, 0.3) is 0 Å². The van der Waals surface area contributed by atoms with Crippen molar-refractivity contribution in [3.8, 4) is 5.75 Å². The van der Waals surface area contributed by atoms with E-state index in [1.165, 1.54) is 25.9 Å². The second-order valence-corrected chi connectivity index (χ2v) is 12.0. The molecule has 2 saturated heterocycles. The number of carbonyl (C=O) groups excluding carboxylic acids is 5. The summed E-state index contributed by atoms with van der Waals surface area (Å²) in [5, 5.41) is 8.38. The fourth-order valence-corrected chi connectivity index (χ4v) is 5.59. The van der Waals surface area contributed by atoms with Crippen LogP contribution >= 0.6 is 0 Å². The van der Waals surface area contributed by atoms with Gasteiger partial charge in [-0.15, -0.1) is 0 Å². The maximum atomic E-state index is 14.1. The minimum absolute atomic E-state index is 0.0888. The molecule has 2 fully saturated rings. The molecule has 3 aliphatic heterocycles. The highest BCUT2D eigenvalue weighted by Gasteiger charge is 2.46. The number of fused-ring (bicyclic) bond motifs is 2. The highest BCUT2D eigenvalue weighted by molar-refractivity contribution is 5.95. The Balaban J connectivity index is 1.52. The first kappa shape index (κ1) is 30.9. The minimum Gasteiger partial charge on any atom is -0.491 e. The van der Waals surface area contributed by atoms with Gasteiger partial charge in [0.05, 0.1) is 12.6 Å². The van der Waals surface area contributed by atoms with Crippen molar-refractivity contribution in [3.05, 3.63) is 29.8 Å². The number of hydrogen-bond acceptors (Lipinski definition) is 7. The normalized spacial score (nSPS) is 24.3. The lowest BCUT2D eigenvalue weighted by Crippen LogP contribution is -2.63. The topological polar surface area (TPSA) is 150 Å². The first-order valence-electron chi connectivity index (χ1n) is 14.4. The summed E-state index contributed by atoms with van der Waals surface area (Å²) in [6, 6.07) is 3.68. The van der Waals surface area contributed by atoms with Gasteiger partial charge in [-0.2, -0.15) is 0 Å². The second kappa shape index (κ2) is 12.5. The lowest BCUT2D eigenvalue weighted by atomic mass is 10.1. The van der Waals surface area contributed by atoms with Crippen molar-refractivity contribution < 1.29 is 33.4 Å². The molecule has 0 aromatic heterocycles. The van der Waals surface area contributed by atoms with E-state index in [0.29, 0.717) is 32.4 Å². The quantitative estimate of drug-likeness (QED) is 0.472. The van der Waals surface area contributed by atoms with Crippen LogP contribution in [0.4, 0.5) is 9.59 Å². The first-order chi connectivity index (χ1) is 19.8. The molecule has 0 spiro atoms. The van der Waals surface area contributed by atoms with Gasteiger partial charge in [0.15, 0.2) is 0 Å². The monoisotopic (exact) mass is 586 g/mol. The van der Waals surface area contributed by atoms with Gasteiger partial charge in [-0.1, -0.05) is 18.2 Å². The average molecular weight is 587 g/mol. The standard InChI is InChI=1S/C29H42N6O7/c1-17(33(6)28(40)42-29(2,3)4)24(36)31-20-15-34(27(39)30-5)14-13-18-11-12-22(35(18)26(20)38)25(37)32-21-16-41-23-10-8-7-9-19(21)23/h7-10,17-18,20-22H,11-16H2,1-6H3,(H,30,39)(H,31,36)(H,32,37)/t17-,18+,20-,21?,22-/m0/s1. The fraction of sp³-hybridized carbons (Fsp3) is 0.621. The summed E-state index contributed by atoms with van der Waals surface area (Å²) in [4.78, 5) is 70.4. The predicted molar refractivity (Wildman–Crippen MR) is 153 cm³/mol. The Bertz CT molecular complexity index is 1220. The van der Waals surface area contributed by atoms with E-state index in [9.17, 15) is 24.0 Å². The van der Waals surface area contributed by atoms with Crippen molar-refractivity contribution in [1.29, 1.82) is 0 Å². The molecule has 3 N–H and O–H groups in total. The molecule has 4 rings (SSSR count). The van der Waals surface area contributed by atoms with E-state index in [1.54, 1.807) is 25.7 Å². The number of urea groups is 1. The number of likely N-dealkylation sites (N-methyl/N-ethyl adjacent to an activating group) is 1. The van der Waals surface area contributed by atoms with Crippen LogP contribution in [0.3, 0.4) is 0 Å². The van der Waals surface area contributed by atoms with E-state index >= 15 is 0 Å². The molecule has 0 bridgehead atoms. The van der Waals surface area contributed by atoms with Crippen molar-refractivity contribution in [2.45, 2.75) is 82.8 Å². The van der Waals surface area contributed by atoms with Crippen molar-refractivity contribution in [1.82, 2.24) is 30.7 Å². The molecule has 1 aromatic carbocycles. The molecule has 0 aliphatic carbocycles. The van der Waals surface area contributed by atoms with Gasteiger partial charge in [-0.05, 0) is 53.0 Å². The summed E-state index contributed by atoms with van der Waals surface area (Å²) >= 11 is 0. The smallest absolute Gasteiger partial charge is 0.410 e. The van der Waals surface area contributed by atoms with Crippen molar-refractivity contribution >= 4 is 29.8 Å². The third-order valence-corrected chi connectivity index (χ3v) is 7.97. The van der Waals surface area contributed by atoms with Crippen LogP contribution in [0, 0.1) is 0 Å². The molecule has 3 heterocycles. The molecule has 230 valence electrons. The number of para-hydroxylation sites is 1. The van der Waals surface area contributed by atoms with E-state index in [2.05, 4.69) is 16.0 Å². The van der Waals surface area contributed by atoms with Gasteiger partial charge in [0.2, 0.25) is 17.7 Å². The van der Waals surface area contributed by atoms with Gasteiger partial charge in [0.1, 0.15) is 36.1 Å². The number of rotatable bonds is 5. The maximum absolute atomic E-state index is 14.1. The predicted octanol–water partition coefficient (Wildman–Crippen LogP) is 1.38. The average Bonchev–Trinajstić information content (AvgIpc) is 3.55. The highest BCUT2D eigenvalue weighted by atomic mass is 16.6. The fourth-order valence-electron chi connectivity index (χ4n) is 5.59. The van der Waals surface area contributed by atoms with Crippen LogP contribution in [0.5, 0.6) is 5.75 Å². The molecule has 42 heavy (non-hydrogen) atoms. The van der Waals surface area contributed by atoms with Crippen LogP contribution in [0.2, 0.25) is 0 Å². The van der Waals surface area contributed by atoms with Crippen molar-refractivity contribution in [3.63, 3.8) is 0 Å². The van der Waals surface area contributed by atoms with E-state index in [-0.39, 0.29) is 30.6 Å². The lowest BCUT2D eigenvalue weighted by molar-refractivity contribution is -0.145. The number of amides is 6. The molecule has 0 saturated carbocycles. The van der Waals surface area contributed by atoms with Crippen molar-refractivity contribution in [2.24, 2.45) is 0 Å². The molecular formula is C29H42N6O7. The first-order valence-corrected chi connectivity index (χ1v) is 14.4. The van der Waals surface area contributed by atoms with Crippen LogP contribution in [0.25, 0.3) is 0 Å². The zero-order chi connectivity index (χ0) is 30.8. The van der Waals surface area contributed by atoms with Crippen molar-refractivity contribution in [2.75, 3.05) is 33.8 Å². The molecule has 1 aromatic rings. The van der Waals surface area contributed by atoms with E-state index < -0.39 is 41.6 Å². The summed E-state index contributed by atoms with van der Waals surface area (Å²) in [6.45, 7) is 7.25. The summed E-state index contributed by atoms with van der Waals surface area (Å²) in [7, 11) is 2.94. The Morgan fingerprint density at radius 1 is 1.07 bits per heavy atom. The van der Waals surface area contributed by atoms with Gasteiger partial charge in [-0.25, -0.2) is 9.59 Å². The number of nitrogens with one attached hydrogen (secondary N) is 3. The third kappa shape index (κ3) is 6.71. The van der Waals surface area contributed by atoms with Gasteiger partial charge in [-0.3, -0.25) is 19.3 Å². The summed E-state index contributed by atoms with van der Waals surface area (Å²) in [5.41, 5.74) is 0.131. The molecule has 1 unspecified atom stereocenters. The third-order valence-electron chi connectivity index (χ3n) is 7.97. The lowest BCUT2D eigenvalue weighted by Gasteiger charge is -2.39. The van der Waals surface area contributed by atoms with Crippen LogP contribution in [0.15, 0.2) is 24.3 Å². The van der Waals surface area contributed by atoms with Crippen LogP contribution in [0.1, 0.15) is 58.6 Å². The Morgan fingerprint density at radius 2 is 1.79 bits per heavy atom. The van der Waals surface area contributed by atoms with Gasteiger partial charge >= 0.3 is 12.1 Å². The van der Waals surface area contributed by atoms with Gasteiger partial charge < -0.3 is 35.2 Å². The minimum atomic E-state index is -1.13. The Labute approximate surface area is 246 Å². The zero-order valence-electron chi connectivity index (χ0n) is 25.1. The maximum Gasteiger partial charge on any atom is 0.410 e. The highest BCUT2D eigenvalue weighted by Crippen LogP contribution is 2.34. The van der Waals surface area contributed by atoms with E-state index in [0.717, 1.165) is 16.2 Å². The Morgan fingerprint density at radius 3 is 2.48 bits per heavy atom. The molecule has 5 atom stereocenters. The molecule has 13 nitrogen and oxygen atoms in total. The summed E-state index contributed by atoms with van der Waals surface area (Å²) in [6.07, 6.45) is 0.851. The summed E-state index contributed by atoms with van der Waals surface area (Å²) in [5.74, 6) is -0.606. The van der Waals surface area contributed by atoms with Gasteiger partial charge in [0, 0.05) is 32.2 Å². The Hall–Kier alpha value is -4.03. The number of nitrogens with zero attached hydrogens (tertiary/aromatic N) is 3. The molecule has 0 radical (unpaired) electrons. The largest absolute Gasteiger partial charge is 0.491 e. The van der Waals surface area contributed by atoms with Crippen LogP contribution < -0.4 is 20.7 Å². The molecule has 3 aliphatic rings. The second-order valence-electron chi connectivity index (χ2n) is 12.0. The molecule has 6 amide bonds. The summed E-state index contributed by atoms with van der Waals surface area (Å²) < 4.78 is 11.1. The van der Waals surface area contributed by atoms with Crippen LogP contribution in [-0.4, -0.2) is 108 Å². The number of ether oxygens (including phenoxy) is 2. The number of hydrogen-bond donors (Lipinski definition) is 3.